The molecule has 3 fully saturated rings. The largest absolute Gasteiger partial charge is 0.411 e. The zero-order valence-electron chi connectivity index (χ0n) is 13.1. The van der Waals surface area contributed by atoms with E-state index < -0.39 is 0 Å². The average molecular weight is 307 g/mol. The van der Waals surface area contributed by atoms with Crippen molar-refractivity contribution in [2.75, 3.05) is 13.1 Å². The van der Waals surface area contributed by atoms with E-state index in [2.05, 4.69) is 27.7 Å². The molecule has 1 aromatic carbocycles. The number of aromatic nitrogens is 1. The monoisotopic (exact) mass is 307 g/mol. The maximum atomic E-state index is 9.76. The molecule has 4 heterocycles. The highest BCUT2D eigenvalue weighted by Crippen LogP contribution is 2.38. The fourth-order valence-electron chi connectivity index (χ4n) is 4.24. The van der Waals surface area contributed by atoms with Crippen molar-refractivity contribution < 1.29 is 5.21 Å². The molecule has 0 saturated carbocycles. The number of rotatable bonds is 3. The highest BCUT2D eigenvalue weighted by atomic mass is 16.4. The van der Waals surface area contributed by atoms with Crippen LogP contribution in [-0.4, -0.2) is 39.9 Å². The molecule has 1 aromatic heterocycles. The minimum Gasteiger partial charge on any atom is -0.411 e. The number of para-hydroxylation sites is 1. The van der Waals surface area contributed by atoms with Gasteiger partial charge in [-0.15, -0.1) is 6.58 Å². The third-order valence-corrected chi connectivity index (χ3v) is 5.46. The van der Waals surface area contributed by atoms with E-state index in [1.807, 2.05) is 30.3 Å². The van der Waals surface area contributed by atoms with Crippen molar-refractivity contribution in [1.29, 1.82) is 0 Å². The lowest BCUT2D eigenvalue weighted by Crippen LogP contribution is -2.56. The molecule has 118 valence electrons. The van der Waals surface area contributed by atoms with E-state index in [1.165, 1.54) is 6.42 Å². The normalized spacial score (nSPS) is 30.5. The van der Waals surface area contributed by atoms with Crippen molar-refractivity contribution in [3.8, 4) is 0 Å². The van der Waals surface area contributed by atoms with E-state index in [-0.39, 0.29) is 6.04 Å². The maximum absolute atomic E-state index is 9.76. The molecule has 2 aromatic rings. The Morgan fingerprint density at radius 1 is 1.35 bits per heavy atom. The first kappa shape index (κ1) is 14.4. The average Bonchev–Trinajstić information content (AvgIpc) is 2.63. The molecule has 0 aliphatic carbocycles. The Balaban J connectivity index is 1.74. The van der Waals surface area contributed by atoms with E-state index in [0.29, 0.717) is 11.8 Å². The SMILES string of the molecule is C=CC1CN2CCC1CC2/C(=N/O)c1ccnc2ccccc12. The molecular formula is C19H21N3O. The smallest absolute Gasteiger partial charge is 0.105 e. The van der Waals surface area contributed by atoms with Gasteiger partial charge in [-0.1, -0.05) is 29.4 Å². The van der Waals surface area contributed by atoms with Gasteiger partial charge in [-0.25, -0.2) is 0 Å². The number of benzene rings is 1. The lowest BCUT2D eigenvalue weighted by Gasteiger charge is -2.49. The van der Waals surface area contributed by atoms with Crippen molar-refractivity contribution >= 4 is 16.6 Å². The van der Waals surface area contributed by atoms with Crippen LogP contribution in [0.15, 0.2) is 54.3 Å². The van der Waals surface area contributed by atoms with Gasteiger partial charge in [0.05, 0.1) is 11.6 Å². The molecule has 3 aliphatic heterocycles. The Morgan fingerprint density at radius 2 is 2.22 bits per heavy atom. The minimum atomic E-state index is 0.181. The number of oxime groups is 1. The van der Waals surface area contributed by atoms with Crippen molar-refractivity contribution in [2.45, 2.75) is 18.9 Å². The van der Waals surface area contributed by atoms with E-state index in [4.69, 9.17) is 0 Å². The number of hydrogen-bond donors (Lipinski definition) is 1. The van der Waals surface area contributed by atoms with Crippen molar-refractivity contribution in [1.82, 2.24) is 9.88 Å². The Hall–Kier alpha value is -2.20. The first-order chi connectivity index (χ1) is 11.3. The first-order valence-electron chi connectivity index (χ1n) is 8.24. The molecule has 1 N–H and O–H groups in total. The topological polar surface area (TPSA) is 48.7 Å². The van der Waals surface area contributed by atoms with Gasteiger partial charge in [-0.2, -0.15) is 0 Å². The predicted octanol–water partition coefficient (Wildman–Crippen LogP) is 3.31. The fourth-order valence-corrected chi connectivity index (χ4v) is 4.24. The highest BCUT2D eigenvalue weighted by Gasteiger charge is 2.41. The van der Waals surface area contributed by atoms with Crippen LogP contribution in [0.5, 0.6) is 0 Å². The lowest BCUT2D eigenvalue weighted by molar-refractivity contribution is 0.0475. The summed E-state index contributed by atoms with van der Waals surface area (Å²) in [5, 5.41) is 14.5. The summed E-state index contributed by atoms with van der Waals surface area (Å²) in [4.78, 5) is 6.85. The molecule has 0 spiro atoms. The third-order valence-electron chi connectivity index (χ3n) is 5.46. The molecule has 23 heavy (non-hydrogen) atoms. The van der Waals surface area contributed by atoms with Crippen LogP contribution in [0.3, 0.4) is 0 Å². The quantitative estimate of drug-likeness (QED) is 0.409. The zero-order valence-corrected chi connectivity index (χ0v) is 13.1. The minimum absolute atomic E-state index is 0.181. The lowest BCUT2D eigenvalue weighted by atomic mass is 9.74. The Kier molecular flexibility index (Phi) is 3.62. The second-order valence-corrected chi connectivity index (χ2v) is 6.56. The first-order valence-corrected chi connectivity index (χ1v) is 8.24. The molecule has 4 heteroatoms. The second-order valence-electron chi connectivity index (χ2n) is 6.56. The summed E-state index contributed by atoms with van der Waals surface area (Å²) in [5.41, 5.74) is 2.70. The standard InChI is InChI=1S/C19H21N3O/c1-2-13-12-22-10-8-14(13)11-18(22)19(21-23)16-7-9-20-17-6-4-3-5-15(16)17/h2-7,9,13-14,18,23H,1,8,10-12H2/b21-19+. The number of pyridine rings is 1. The summed E-state index contributed by atoms with van der Waals surface area (Å²) in [5.74, 6) is 1.21. The molecule has 4 atom stereocenters. The molecular weight excluding hydrogens is 286 g/mol. The van der Waals surface area contributed by atoms with Crippen LogP contribution in [0.2, 0.25) is 0 Å². The summed E-state index contributed by atoms with van der Waals surface area (Å²) in [6.07, 6.45) is 6.13. The number of nitrogens with zero attached hydrogens (tertiary/aromatic N) is 3. The van der Waals surface area contributed by atoms with E-state index in [1.54, 1.807) is 6.20 Å². The van der Waals surface area contributed by atoms with Gasteiger partial charge in [-0.3, -0.25) is 9.88 Å². The Morgan fingerprint density at radius 3 is 2.96 bits per heavy atom. The molecule has 0 amide bonds. The van der Waals surface area contributed by atoms with Gasteiger partial charge in [0, 0.05) is 23.7 Å². The maximum Gasteiger partial charge on any atom is 0.105 e. The molecule has 3 aliphatic rings. The van der Waals surface area contributed by atoms with Crippen LogP contribution < -0.4 is 0 Å². The molecule has 2 bridgehead atoms. The van der Waals surface area contributed by atoms with Crippen LogP contribution >= 0.6 is 0 Å². The molecule has 4 nitrogen and oxygen atoms in total. The van der Waals surface area contributed by atoms with Gasteiger partial charge in [0.15, 0.2) is 0 Å². The van der Waals surface area contributed by atoms with Gasteiger partial charge < -0.3 is 5.21 Å². The number of hydrogen-bond acceptors (Lipinski definition) is 4. The van der Waals surface area contributed by atoms with Gasteiger partial charge in [-0.05, 0) is 43.4 Å². The van der Waals surface area contributed by atoms with Gasteiger partial charge in [0.2, 0.25) is 0 Å². The molecule has 5 rings (SSSR count). The molecule has 4 unspecified atom stereocenters. The van der Waals surface area contributed by atoms with Crippen molar-refractivity contribution in [2.24, 2.45) is 17.0 Å². The summed E-state index contributed by atoms with van der Waals surface area (Å²) >= 11 is 0. The van der Waals surface area contributed by atoms with Crippen LogP contribution in [-0.2, 0) is 0 Å². The molecule has 0 radical (unpaired) electrons. The van der Waals surface area contributed by atoms with Crippen LogP contribution in [0, 0.1) is 11.8 Å². The van der Waals surface area contributed by atoms with Crippen molar-refractivity contribution in [3.63, 3.8) is 0 Å². The van der Waals surface area contributed by atoms with E-state index in [9.17, 15) is 5.21 Å². The summed E-state index contributed by atoms with van der Waals surface area (Å²) in [7, 11) is 0. The summed E-state index contributed by atoms with van der Waals surface area (Å²) in [6.45, 7) is 6.06. The molecule has 3 saturated heterocycles. The fraction of sp³-hybridized carbons (Fsp3) is 0.368. The Bertz CT molecular complexity index is 765. The third kappa shape index (κ3) is 2.34. The number of fused-ring (bicyclic) bond motifs is 4. The second kappa shape index (κ2) is 5.78. The van der Waals surface area contributed by atoms with Crippen LogP contribution in [0.1, 0.15) is 18.4 Å². The van der Waals surface area contributed by atoms with Crippen LogP contribution in [0.4, 0.5) is 0 Å². The van der Waals surface area contributed by atoms with Crippen molar-refractivity contribution in [3.05, 3.63) is 54.7 Å². The summed E-state index contributed by atoms with van der Waals surface area (Å²) < 4.78 is 0. The Labute approximate surface area is 136 Å². The predicted molar refractivity (Wildman–Crippen MR) is 91.8 cm³/mol. The highest BCUT2D eigenvalue weighted by molar-refractivity contribution is 6.12. The van der Waals surface area contributed by atoms with Gasteiger partial charge in [0.1, 0.15) is 5.71 Å². The van der Waals surface area contributed by atoms with Crippen LogP contribution in [0.25, 0.3) is 10.9 Å². The van der Waals surface area contributed by atoms with E-state index in [0.717, 1.165) is 41.7 Å². The van der Waals surface area contributed by atoms with Gasteiger partial charge >= 0.3 is 0 Å². The number of piperidine rings is 3. The van der Waals surface area contributed by atoms with E-state index >= 15 is 0 Å². The van der Waals surface area contributed by atoms with Gasteiger partial charge in [0.25, 0.3) is 0 Å². The zero-order chi connectivity index (χ0) is 15.8. The summed E-state index contributed by atoms with van der Waals surface area (Å²) in [6, 6.07) is 10.2.